The summed E-state index contributed by atoms with van der Waals surface area (Å²) in [5.41, 5.74) is 2.50. The maximum absolute atomic E-state index is 5.55. The van der Waals surface area contributed by atoms with Crippen LogP contribution in [0.15, 0.2) is 16.7 Å². The predicted octanol–water partition coefficient (Wildman–Crippen LogP) is 4.08. The van der Waals surface area contributed by atoms with Crippen molar-refractivity contribution in [3.8, 4) is 0 Å². The van der Waals surface area contributed by atoms with Crippen molar-refractivity contribution in [1.82, 2.24) is 10.3 Å². The lowest BCUT2D eigenvalue weighted by Gasteiger charge is -2.26. The summed E-state index contributed by atoms with van der Waals surface area (Å²) in [6.45, 7) is 6.40. The van der Waals surface area contributed by atoms with E-state index in [1.807, 2.05) is 6.26 Å². The normalized spacial score (nSPS) is 20.3. The first-order chi connectivity index (χ1) is 9.15. The van der Waals surface area contributed by atoms with E-state index in [0.717, 1.165) is 22.9 Å². The van der Waals surface area contributed by atoms with E-state index in [1.165, 1.54) is 23.3 Å². The van der Waals surface area contributed by atoms with Gasteiger partial charge in [0.25, 0.3) is 0 Å². The van der Waals surface area contributed by atoms with Gasteiger partial charge >= 0.3 is 0 Å². The molecule has 2 atom stereocenters. The first kappa shape index (κ1) is 12.9. The Labute approximate surface area is 118 Å². The highest BCUT2D eigenvalue weighted by Crippen LogP contribution is 2.33. The molecule has 2 unspecified atom stereocenters. The number of furan rings is 1. The minimum absolute atomic E-state index is 0.344. The van der Waals surface area contributed by atoms with Gasteiger partial charge in [-0.2, -0.15) is 0 Å². The minimum atomic E-state index is 0.344. The lowest BCUT2D eigenvalue weighted by molar-refractivity contribution is 0.387. The van der Waals surface area contributed by atoms with Crippen LogP contribution in [0.2, 0.25) is 0 Å². The van der Waals surface area contributed by atoms with E-state index in [0.29, 0.717) is 12.1 Å². The molecule has 0 radical (unpaired) electrons. The van der Waals surface area contributed by atoms with Gasteiger partial charge in [-0.25, -0.2) is 4.98 Å². The van der Waals surface area contributed by atoms with Crippen LogP contribution in [0.5, 0.6) is 0 Å². The van der Waals surface area contributed by atoms with Gasteiger partial charge in [-0.05, 0) is 39.7 Å². The number of thiazole rings is 1. The first-order valence-corrected chi connectivity index (χ1v) is 7.73. The minimum Gasteiger partial charge on any atom is -0.469 e. The quantitative estimate of drug-likeness (QED) is 0.918. The van der Waals surface area contributed by atoms with Crippen molar-refractivity contribution in [2.24, 2.45) is 0 Å². The van der Waals surface area contributed by atoms with Crippen molar-refractivity contribution in [3.05, 3.63) is 39.2 Å². The molecule has 4 heteroatoms. The molecular formula is C15H20N2OS. The van der Waals surface area contributed by atoms with Crippen LogP contribution in [-0.4, -0.2) is 4.98 Å². The molecule has 3 rings (SSSR count). The molecule has 2 aromatic rings. The fourth-order valence-electron chi connectivity index (χ4n) is 2.99. The number of fused-ring (bicyclic) bond motifs is 1. The van der Waals surface area contributed by atoms with Crippen LogP contribution in [0, 0.1) is 13.8 Å². The fourth-order valence-corrected chi connectivity index (χ4v) is 3.92. The molecule has 0 amide bonds. The van der Waals surface area contributed by atoms with Crippen LogP contribution in [0.3, 0.4) is 0 Å². The number of hydrogen-bond donors (Lipinski definition) is 1. The van der Waals surface area contributed by atoms with E-state index in [4.69, 9.17) is 4.42 Å². The lowest BCUT2D eigenvalue weighted by atomic mass is 9.93. The molecule has 0 saturated heterocycles. The van der Waals surface area contributed by atoms with Crippen molar-refractivity contribution in [1.29, 1.82) is 0 Å². The average molecular weight is 276 g/mol. The Hall–Kier alpha value is -1.13. The topological polar surface area (TPSA) is 38.1 Å². The molecule has 2 aromatic heterocycles. The van der Waals surface area contributed by atoms with Crippen LogP contribution >= 0.6 is 11.3 Å². The third kappa shape index (κ3) is 2.47. The highest BCUT2D eigenvalue weighted by atomic mass is 32.1. The molecule has 19 heavy (non-hydrogen) atoms. The van der Waals surface area contributed by atoms with Crippen LogP contribution in [0.4, 0.5) is 0 Å². The molecule has 1 aliphatic rings. The second kappa shape index (κ2) is 5.10. The van der Waals surface area contributed by atoms with E-state index >= 15 is 0 Å². The number of rotatable bonds is 3. The summed E-state index contributed by atoms with van der Waals surface area (Å²) in [6, 6.07) is 2.88. The largest absolute Gasteiger partial charge is 0.469 e. The van der Waals surface area contributed by atoms with Gasteiger partial charge in [-0.15, -0.1) is 11.3 Å². The second-order valence-corrected chi connectivity index (χ2v) is 6.55. The zero-order valence-electron chi connectivity index (χ0n) is 11.7. The maximum Gasteiger partial charge on any atom is 0.108 e. The van der Waals surface area contributed by atoms with Crippen molar-refractivity contribution in [2.45, 2.75) is 52.1 Å². The van der Waals surface area contributed by atoms with Crippen LogP contribution in [0.1, 0.15) is 58.8 Å². The molecule has 1 aliphatic carbocycles. The SMILES string of the molecule is Cc1nc(C)c(C(C)NC2CCCc3occc32)s1. The molecule has 0 spiro atoms. The first-order valence-electron chi connectivity index (χ1n) is 6.91. The Morgan fingerprint density at radius 1 is 1.47 bits per heavy atom. The molecule has 0 aliphatic heterocycles. The summed E-state index contributed by atoms with van der Waals surface area (Å²) in [5, 5.41) is 4.89. The van der Waals surface area contributed by atoms with Crippen molar-refractivity contribution in [2.75, 3.05) is 0 Å². The summed E-state index contributed by atoms with van der Waals surface area (Å²) in [6.07, 6.45) is 5.28. The van der Waals surface area contributed by atoms with E-state index in [1.54, 1.807) is 11.3 Å². The molecule has 102 valence electrons. The van der Waals surface area contributed by atoms with E-state index in [9.17, 15) is 0 Å². The van der Waals surface area contributed by atoms with Crippen LogP contribution < -0.4 is 5.32 Å². The fraction of sp³-hybridized carbons (Fsp3) is 0.533. The molecular weight excluding hydrogens is 256 g/mol. The molecule has 0 aromatic carbocycles. The van der Waals surface area contributed by atoms with Gasteiger partial charge < -0.3 is 9.73 Å². The van der Waals surface area contributed by atoms with Gasteiger partial charge in [-0.3, -0.25) is 0 Å². The predicted molar refractivity (Wildman–Crippen MR) is 77.5 cm³/mol. The highest BCUT2D eigenvalue weighted by molar-refractivity contribution is 7.11. The lowest BCUT2D eigenvalue weighted by Crippen LogP contribution is -2.27. The van der Waals surface area contributed by atoms with Gasteiger partial charge in [0, 0.05) is 28.9 Å². The average Bonchev–Trinajstić information content (AvgIpc) is 2.96. The third-order valence-corrected chi connectivity index (χ3v) is 5.09. The third-order valence-electron chi connectivity index (χ3n) is 3.84. The summed E-state index contributed by atoms with van der Waals surface area (Å²) in [7, 11) is 0. The van der Waals surface area contributed by atoms with Crippen LogP contribution in [-0.2, 0) is 6.42 Å². The molecule has 2 heterocycles. The van der Waals surface area contributed by atoms with Crippen molar-refractivity contribution >= 4 is 11.3 Å². The Bertz CT molecular complexity index is 572. The monoisotopic (exact) mass is 276 g/mol. The smallest absolute Gasteiger partial charge is 0.108 e. The number of nitrogens with zero attached hydrogens (tertiary/aromatic N) is 1. The zero-order valence-corrected chi connectivity index (χ0v) is 12.5. The summed E-state index contributed by atoms with van der Waals surface area (Å²) >= 11 is 1.80. The molecule has 1 N–H and O–H groups in total. The van der Waals surface area contributed by atoms with E-state index < -0.39 is 0 Å². The van der Waals surface area contributed by atoms with Gasteiger partial charge in [-0.1, -0.05) is 0 Å². The summed E-state index contributed by atoms with van der Waals surface area (Å²) in [4.78, 5) is 5.87. The van der Waals surface area contributed by atoms with Gasteiger partial charge in [0.05, 0.1) is 17.0 Å². The Balaban J connectivity index is 1.78. The molecule has 0 bridgehead atoms. The van der Waals surface area contributed by atoms with E-state index in [2.05, 4.69) is 37.1 Å². The molecule has 0 fully saturated rings. The number of aromatic nitrogens is 1. The second-order valence-electron chi connectivity index (χ2n) is 5.31. The van der Waals surface area contributed by atoms with Crippen molar-refractivity contribution < 1.29 is 4.42 Å². The number of aryl methyl sites for hydroxylation is 3. The number of hydrogen-bond acceptors (Lipinski definition) is 4. The molecule has 3 nitrogen and oxygen atoms in total. The van der Waals surface area contributed by atoms with Gasteiger partial charge in [0.1, 0.15) is 5.76 Å². The zero-order chi connectivity index (χ0) is 13.4. The van der Waals surface area contributed by atoms with Crippen molar-refractivity contribution in [3.63, 3.8) is 0 Å². The number of nitrogens with one attached hydrogen (secondary N) is 1. The summed E-state index contributed by atoms with van der Waals surface area (Å²) < 4.78 is 5.55. The van der Waals surface area contributed by atoms with Gasteiger partial charge in [0.15, 0.2) is 0 Å². The van der Waals surface area contributed by atoms with Gasteiger partial charge in [0.2, 0.25) is 0 Å². The standard InChI is InChI=1S/C15H20N2OS/c1-9-15(19-11(3)16-9)10(2)17-13-5-4-6-14-12(13)7-8-18-14/h7-8,10,13,17H,4-6H2,1-3H3. The Kier molecular flexibility index (Phi) is 3.46. The molecule has 0 saturated carbocycles. The van der Waals surface area contributed by atoms with E-state index in [-0.39, 0.29) is 0 Å². The Morgan fingerprint density at radius 2 is 2.32 bits per heavy atom. The highest BCUT2D eigenvalue weighted by Gasteiger charge is 2.25. The summed E-state index contributed by atoms with van der Waals surface area (Å²) in [5.74, 6) is 1.16. The maximum atomic E-state index is 5.55. The van der Waals surface area contributed by atoms with Crippen LogP contribution in [0.25, 0.3) is 0 Å². The Morgan fingerprint density at radius 3 is 3.05 bits per heavy atom.